The number of aromatic nitrogens is 3. The average molecular weight is 690 g/mol. The van der Waals surface area contributed by atoms with Crippen LogP contribution in [0, 0.1) is 23.7 Å². The molecule has 4 aromatic rings. The molecule has 1 aromatic heterocycles. The Morgan fingerprint density at radius 1 is 0.549 bits per heavy atom. The Hall–Kier alpha value is -3.94. The Bertz CT molecular complexity index is 1800. The van der Waals surface area contributed by atoms with E-state index in [9.17, 15) is 9.59 Å². The van der Waals surface area contributed by atoms with E-state index in [4.69, 9.17) is 9.47 Å². The Balaban J connectivity index is 1.27. The summed E-state index contributed by atoms with van der Waals surface area (Å²) >= 11 is 0. The number of hydrogen-bond donors (Lipinski definition) is 0. The molecular weight excluding hydrogens is 635 g/mol. The highest BCUT2D eigenvalue weighted by molar-refractivity contribution is 5.31. The van der Waals surface area contributed by atoms with Crippen LogP contribution in [0.5, 0.6) is 0 Å². The highest BCUT2D eigenvalue weighted by Crippen LogP contribution is 2.47. The second-order valence-corrected chi connectivity index (χ2v) is 16.7. The third-order valence-electron chi connectivity index (χ3n) is 12.6. The van der Waals surface area contributed by atoms with Crippen LogP contribution in [-0.4, -0.2) is 26.1 Å². The summed E-state index contributed by atoms with van der Waals surface area (Å²) in [6, 6.07) is 30.5. The van der Waals surface area contributed by atoms with Crippen molar-refractivity contribution in [2.75, 3.05) is 0 Å². The number of fused-ring (bicyclic) bond motifs is 1. The molecule has 8 atom stereocenters. The largest absolute Gasteiger partial charge is 0.354 e. The van der Waals surface area contributed by atoms with Gasteiger partial charge < -0.3 is 9.47 Å². The molecule has 0 N–H and O–H groups in total. The molecule has 2 heterocycles. The van der Waals surface area contributed by atoms with Crippen LogP contribution in [0.2, 0.25) is 0 Å². The Labute approximate surface area is 302 Å². The molecule has 3 aliphatic rings. The normalized spacial score (nSPS) is 28.4. The van der Waals surface area contributed by atoms with Crippen molar-refractivity contribution in [1.29, 1.82) is 0 Å². The number of benzene rings is 3. The number of para-hydroxylation sites is 1. The first kappa shape index (κ1) is 35.5. The zero-order chi connectivity index (χ0) is 35.9. The van der Waals surface area contributed by atoms with Gasteiger partial charge in [0.2, 0.25) is 0 Å². The zero-order valence-corrected chi connectivity index (χ0v) is 31.2. The van der Waals surface area contributed by atoms with E-state index in [0.29, 0.717) is 17.5 Å². The molecule has 2 fully saturated rings. The van der Waals surface area contributed by atoms with E-state index in [1.807, 2.05) is 30.4 Å². The highest BCUT2D eigenvalue weighted by Gasteiger charge is 2.45. The van der Waals surface area contributed by atoms with Gasteiger partial charge in [0, 0.05) is 0 Å². The molecule has 0 saturated heterocycles. The molecule has 2 aliphatic carbocycles. The zero-order valence-electron chi connectivity index (χ0n) is 31.2. The van der Waals surface area contributed by atoms with Gasteiger partial charge in [-0.1, -0.05) is 133 Å². The van der Waals surface area contributed by atoms with Crippen molar-refractivity contribution in [2.45, 2.75) is 116 Å². The number of nitrogens with zero attached hydrogens (tertiary/aromatic N) is 3. The topological polar surface area (TPSA) is 67.4 Å². The van der Waals surface area contributed by atoms with E-state index in [-0.39, 0.29) is 34.9 Å². The average Bonchev–Trinajstić information content (AvgIpc) is 3.40. The predicted molar refractivity (Wildman–Crippen MR) is 203 cm³/mol. The van der Waals surface area contributed by atoms with E-state index in [1.54, 1.807) is 12.1 Å². The van der Waals surface area contributed by atoms with Gasteiger partial charge in [-0.15, -0.1) is 0 Å². The van der Waals surface area contributed by atoms with E-state index < -0.39 is 23.8 Å². The second kappa shape index (κ2) is 14.2. The van der Waals surface area contributed by atoms with Gasteiger partial charge in [0.05, 0.1) is 17.9 Å². The van der Waals surface area contributed by atoms with Gasteiger partial charge in [0.15, 0.2) is 12.5 Å². The van der Waals surface area contributed by atoms with Crippen LogP contribution in [0.15, 0.2) is 113 Å². The number of rotatable bonds is 9. The molecule has 2 saturated carbocycles. The van der Waals surface area contributed by atoms with Gasteiger partial charge in [0.1, 0.15) is 0 Å². The van der Waals surface area contributed by atoms with Gasteiger partial charge in [-0.05, 0) is 95.6 Å². The van der Waals surface area contributed by atoms with Crippen molar-refractivity contribution in [3.05, 3.63) is 135 Å². The Kier molecular flexibility index (Phi) is 9.90. The van der Waals surface area contributed by atoms with Crippen molar-refractivity contribution < 1.29 is 9.47 Å². The molecule has 1 aliphatic heterocycles. The maximum Gasteiger partial charge on any atom is 0.354 e. The molecule has 0 amide bonds. The van der Waals surface area contributed by atoms with Crippen molar-refractivity contribution >= 4 is 0 Å². The minimum absolute atomic E-state index is 0.109. The standard InChI is InChI=1S/C44H55N3O4/c1-30-22-24-35(43(3,4)32-16-10-7-11-17-32)37(28-30)50-39-26-27-40(47-42(49)45(41(48)46(39)47)34-20-14-9-15-21-34)51-38-29-31(2)23-25-36(38)44(5,6)33-18-12-8-13-19-33/h7-21,26-27,30-31,35-40H,22-25,28-29H2,1-6H3. The van der Waals surface area contributed by atoms with Crippen LogP contribution in [0.1, 0.15) is 104 Å². The minimum atomic E-state index is -0.749. The van der Waals surface area contributed by atoms with Gasteiger partial charge in [-0.25, -0.2) is 14.2 Å². The number of ether oxygens (including phenoxy) is 2. The maximum absolute atomic E-state index is 14.5. The molecule has 0 spiro atoms. The van der Waals surface area contributed by atoms with Crippen LogP contribution < -0.4 is 11.4 Å². The summed E-state index contributed by atoms with van der Waals surface area (Å²) in [5.74, 6) is 1.45. The van der Waals surface area contributed by atoms with Crippen LogP contribution in [-0.2, 0) is 20.3 Å². The van der Waals surface area contributed by atoms with Crippen LogP contribution in [0.25, 0.3) is 5.69 Å². The van der Waals surface area contributed by atoms with Crippen molar-refractivity contribution in [3.63, 3.8) is 0 Å². The molecule has 270 valence electrons. The molecule has 3 aromatic carbocycles. The molecule has 7 rings (SSSR count). The highest BCUT2D eigenvalue weighted by atomic mass is 16.5. The van der Waals surface area contributed by atoms with Crippen molar-refractivity contribution in [2.24, 2.45) is 23.7 Å². The van der Waals surface area contributed by atoms with E-state index in [1.165, 1.54) is 25.1 Å². The lowest BCUT2D eigenvalue weighted by atomic mass is 9.64. The summed E-state index contributed by atoms with van der Waals surface area (Å²) < 4.78 is 18.5. The third-order valence-corrected chi connectivity index (χ3v) is 12.6. The van der Waals surface area contributed by atoms with E-state index in [2.05, 4.69) is 102 Å². The number of hydrogen-bond acceptors (Lipinski definition) is 4. The minimum Gasteiger partial charge on any atom is -0.349 e. The Morgan fingerprint density at radius 3 is 1.31 bits per heavy atom. The van der Waals surface area contributed by atoms with Gasteiger partial charge >= 0.3 is 11.4 Å². The lowest BCUT2D eigenvalue weighted by molar-refractivity contribution is -0.136. The summed E-state index contributed by atoms with van der Waals surface area (Å²) in [5, 5.41) is 0. The first-order chi connectivity index (χ1) is 24.5. The monoisotopic (exact) mass is 689 g/mol. The fourth-order valence-electron chi connectivity index (χ4n) is 9.42. The predicted octanol–water partition coefficient (Wildman–Crippen LogP) is 8.97. The second-order valence-electron chi connectivity index (χ2n) is 16.7. The molecule has 51 heavy (non-hydrogen) atoms. The molecule has 0 radical (unpaired) electrons. The summed E-state index contributed by atoms with van der Waals surface area (Å²) in [6.07, 6.45) is 8.29. The van der Waals surface area contributed by atoms with Crippen LogP contribution in [0.4, 0.5) is 0 Å². The van der Waals surface area contributed by atoms with Gasteiger partial charge in [-0.3, -0.25) is 0 Å². The fraction of sp³-hybridized carbons (Fsp3) is 0.500. The molecule has 8 unspecified atom stereocenters. The molecule has 7 heteroatoms. The summed E-state index contributed by atoms with van der Waals surface area (Å²) in [4.78, 5) is 29.0. The lowest BCUT2D eigenvalue weighted by Crippen LogP contribution is -2.47. The first-order valence-electron chi connectivity index (χ1n) is 19.1. The summed E-state index contributed by atoms with van der Waals surface area (Å²) in [7, 11) is 0. The SMILES string of the molecule is CC1CCC(C(C)(C)c2ccccc2)C(OC2C=CC(OC3CC(C)CCC3C(C)(C)c3ccccc3)n3c(=O)n(-c4ccccc4)c(=O)n32)C1. The lowest BCUT2D eigenvalue weighted by Gasteiger charge is -2.46. The van der Waals surface area contributed by atoms with Gasteiger partial charge in [0.25, 0.3) is 0 Å². The van der Waals surface area contributed by atoms with Gasteiger partial charge in [-0.2, -0.15) is 9.36 Å². The van der Waals surface area contributed by atoms with Crippen molar-refractivity contribution in [3.8, 4) is 5.69 Å². The van der Waals surface area contributed by atoms with E-state index in [0.717, 1.165) is 38.5 Å². The Morgan fingerprint density at radius 2 is 0.922 bits per heavy atom. The summed E-state index contributed by atoms with van der Waals surface area (Å²) in [6.45, 7) is 13.8. The maximum atomic E-state index is 14.5. The molecule has 0 bridgehead atoms. The van der Waals surface area contributed by atoms with Crippen LogP contribution >= 0.6 is 0 Å². The first-order valence-corrected chi connectivity index (χ1v) is 19.1. The van der Waals surface area contributed by atoms with Crippen molar-refractivity contribution in [1.82, 2.24) is 13.9 Å². The van der Waals surface area contributed by atoms with E-state index >= 15 is 0 Å². The molecule has 7 nitrogen and oxygen atoms in total. The third kappa shape index (κ3) is 6.75. The molecular formula is C44H55N3O4. The smallest absolute Gasteiger partial charge is 0.349 e. The quantitative estimate of drug-likeness (QED) is 0.165. The summed E-state index contributed by atoms with van der Waals surface area (Å²) in [5.41, 5.74) is 1.96. The van der Waals surface area contributed by atoms with Crippen LogP contribution in [0.3, 0.4) is 0 Å². The fourth-order valence-corrected chi connectivity index (χ4v) is 9.42.